The summed E-state index contributed by atoms with van der Waals surface area (Å²) in [7, 11) is 1.84. The van der Waals surface area contributed by atoms with Crippen LogP contribution >= 0.6 is 22.6 Å². The predicted octanol–water partition coefficient (Wildman–Crippen LogP) is 6.02. The topological polar surface area (TPSA) is 97.6 Å². The highest BCUT2D eigenvalue weighted by molar-refractivity contribution is 14.1. The third kappa shape index (κ3) is 5.10. The van der Waals surface area contributed by atoms with E-state index >= 15 is 0 Å². The molecule has 0 unspecified atom stereocenters. The van der Waals surface area contributed by atoms with Gasteiger partial charge in [0.2, 0.25) is 0 Å². The molecule has 194 valence electrons. The molecule has 37 heavy (non-hydrogen) atoms. The molecule has 0 atom stereocenters. The zero-order valence-corrected chi connectivity index (χ0v) is 23.5. The second kappa shape index (κ2) is 10.1. The molecule has 2 saturated carbocycles. The molecule has 0 bridgehead atoms. The van der Waals surface area contributed by atoms with E-state index in [0.717, 1.165) is 35.2 Å². The van der Waals surface area contributed by atoms with Crippen LogP contribution in [0.2, 0.25) is 0 Å². The summed E-state index contributed by atoms with van der Waals surface area (Å²) in [6.07, 6.45) is 4.58. The van der Waals surface area contributed by atoms with Crippen LogP contribution in [0.5, 0.6) is 5.88 Å². The summed E-state index contributed by atoms with van der Waals surface area (Å²) in [6.45, 7) is 7.70. The van der Waals surface area contributed by atoms with Gasteiger partial charge in [-0.2, -0.15) is 0 Å². The van der Waals surface area contributed by atoms with E-state index in [2.05, 4.69) is 46.4 Å². The lowest BCUT2D eigenvalue weighted by atomic mass is 9.87. The van der Waals surface area contributed by atoms with Crippen LogP contribution in [0.4, 0.5) is 11.5 Å². The molecule has 3 aromatic rings. The van der Waals surface area contributed by atoms with Crippen molar-refractivity contribution in [1.29, 1.82) is 0 Å². The number of fused-ring (bicyclic) bond motifs is 1. The van der Waals surface area contributed by atoms with Crippen molar-refractivity contribution in [3.05, 3.63) is 51.1 Å². The predicted molar refractivity (Wildman–Crippen MR) is 150 cm³/mol. The first-order valence-corrected chi connectivity index (χ1v) is 13.7. The van der Waals surface area contributed by atoms with Crippen LogP contribution in [0.3, 0.4) is 0 Å². The minimum absolute atomic E-state index is 0.118. The van der Waals surface area contributed by atoms with Gasteiger partial charge in [0.15, 0.2) is 5.52 Å². The van der Waals surface area contributed by atoms with Crippen LogP contribution in [-0.4, -0.2) is 37.9 Å². The summed E-state index contributed by atoms with van der Waals surface area (Å²) in [4.78, 5) is 31.5. The van der Waals surface area contributed by atoms with E-state index in [1.807, 2.05) is 26.1 Å². The number of carboxylic acids is 1. The summed E-state index contributed by atoms with van der Waals surface area (Å²) in [6, 6.07) is 8.01. The average Bonchev–Trinajstić information content (AvgIpc) is 3.66. The van der Waals surface area contributed by atoms with E-state index in [4.69, 9.17) is 9.72 Å². The van der Waals surface area contributed by atoms with Crippen molar-refractivity contribution in [2.45, 2.75) is 64.4 Å². The van der Waals surface area contributed by atoms with Gasteiger partial charge in [-0.15, -0.1) is 5.10 Å². The molecule has 1 amide bonds. The highest BCUT2D eigenvalue weighted by Crippen LogP contribution is 2.47. The van der Waals surface area contributed by atoms with Crippen molar-refractivity contribution >= 4 is 57.0 Å². The van der Waals surface area contributed by atoms with E-state index in [9.17, 15) is 14.7 Å². The average molecular weight is 614 g/mol. The standard InChI is InChI=1S/C28H31IN4O4/c1-15(2)27(34)33(23-13-16(3)21(29)14-20(23)17-5-6-17)24-12-11-22-25(30-24)26(31-32(22)4)37-19-9-7-18(8-10-19)28(35)36/h11-14,17-19H,1,5-10H2,2-4H3,(H,35,36). The number of rotatable bonds is 7. The molecular weight excluding hydrogens is 583 g/mol. The number of carbonyl (C=O) groups excluding carboxylic acids is 1. The van der Waals surface area contributed by atoms with Crippen molar-refractivity contribution in [2.24, 2.45) is 13.0 Å². The minimum atomic E-state index is -0.744. The van der Waals surface area contributed by atoms with Crippen LogP contribution < -0.4 is 9.64 Å². The van der Waals surface area contributed by atoms with E-state index < -0.39 is 5.97 Å². The van der Waals surface area contributed by atoms with Gasteiger partial charge >= 0.3 is 5.97 Å². The van der Waals surface area contributed by atoms with E-state index in [-0.39, 0.29) is 17.9 Å². The Balaban J connectivity index is 1.55. The maximum Gasteiger partial charge on any atom is 0.306 e. The quantitative estimate of drug-likeness (QED) is 0.258. The van der Waals surface area contributed by atoms with Gasteiger partial charge in [0.05, 0.1) is 17.1 Å². The summed E-state index contributed by atoms with van der Waals surface area (Å²) in [5, 5.41) is 13.9. The SMILES string of the molecule is C=C(C)C(=O)N(c1ccc2c(n1)c(OC1CCC(C(=O)O)CC1)nn2C)c1cc(C)c(I)cc1C1CC1. The summed E-state index contributed by atoms with van der Waals surface area (Å²) >= 11 is 2.35. The molecular formula is C28H31IN4O4. The number of aromatic nitrogens is 3. The number of hydrogen-bond acceptors (Lipinski definition) is 5. The number of hydrogen-bond donors (Lipinski definition) is 1. The van der Waals surface area contributed by atoms with Crippen molar-refractivity contribution in [2.75, 3.05) is 4.90 Å². The molecule has 2 aliphatic carbocycles. The number of amides is 1. The first kappa shape index (κ1) is 25.7. The molecule has 1 aromatic carbocycles. The normalized spacial score (nSPS) is 19.6. The zero-order chi connectivity index (χ0) is 26.4. The fourth-order valence-electron chi connectivity index (χ4n) is 5.01. The van der Waals surface area contributed by atoms with Gasteiger partial charge in [0, 0.05) is 16.2 Å². The molecule has 8 nitrogen and oxygen atoms in total. The van der Waals surface area contributed by atoms with Crippen LogP contribution in [-0.2, 0) is 16.6 Å². The molecule has 0 spiro atoms. The minimum Gasteiger partial charge on any atom is -0.481 e. The van der Waals surface area contributed by atoms with E-state index in [0.29, 0.717) is 54.4 Å². The van der Waals surface area contributed by atoms with Gasteiger partial charge in [-0.3, -0.25) is 19.2 Å². The number of carboxylic acid groups (broad SMARTS) is 1. The lowest BCUT2D eigenvalue weighted by molar-refractivity contribution is -0.143. The Morgan fingerprint density at radius 1 is 1.16 bits per heavy atom. The molecule has 1 N–H and O–H groups in total. The molecule has 2 aromatic heterocycles. The van der Waals surface area contributed by atoms with Crippen molar-refractivity contribution in [3.63, 3.8) is 0 Å². The van der Waals surface area contributed by atoms with Crippen molar-refractivity contribution < 1.29 is 19.4 Å². The summed E-state index contributed by atoms with van der Waals surface area (Å²) < 4.78 is 9.16. The van der Waals surface area contributed by atoms with Crippen LogP contribution in [0.1, 0.15) is 62.5 Å². The van der Waals surface area contributed by atoms with Gasteiger partial charge in [0.25, 0.3) is 11.8 Å². The number of anilines is 2. The molecule has 2 fully saturated rings. The first-order valence-electron chi connectivity index (χ1n) is 12.7. The second-order valence-electron chi connectivity index (χ2n) is 10.3. The number of aliphatic carboxylic acids is 1. The number of carbonyl (C=O) groups is 2. The molecule has 2 aliphatic rings. The molecule has 0 saturated heterocycles. The highest BCUT2D eigenvalue weighted by Gasteiger charge is 2.32. The number of pyridine rings is 1. The highest BCUT2D eigenvalue weighted by atomic mass is 127. The van der Waals surface area contributed by atoms with Gasteiger partial charge in [-0.25, -0.2) is 4.98 Å². The third-order valence-electron chi connectivity index (χ3n) is 7.32. The third-order valence-corrected chi connectivity index (χ3v) is 8.48. The Morgan fingerprint density at radius 2 is 1.86 bits per heavy atom. The summed E-state index contributed by atoms with van der Waals surface area (Å²) in [5.74, 6) is 0.0771. The first-order chi connectivity index (χ1) is 17.6. The monoisotopic (exact) mass is 614 g/mol. The lowest BCUT2D eigenvalue weighted by Gasteiger charge is -2.26. The van der Waals surface area contributed by atoms with Crippen molar-refractivity contribution in [1.82, 2.24) is 14.8 Å². The van der Waals surface area contributed by atoms with Gasteiger partial charge in [0.1, 0.15) is 11.9 Å². The molecule has 9 heteroatoms. The number of aryl methyl sites for hydroxylation is 2. The van der Waals surface area contributed by atoms with Crippen molar-refractivity contribution in [3.8, 4) is 5.88 Å². The van der Waals surface area contributed by atoms with Gasteiger partial charge < -0.3 is 9.84 Å². The fraction of sp³-hybridized carbons (Fsp3) is 0.429. The smallest absolute Gasteiger partial charge is 0.306 e. The Labute approximate surface area is 229 Å². The largest absolute Gasteiger partial charge is 0.481 e. The van der Waals surface area contributed by atoms with Crippen LogP contribution in [0, 0.1) is 16.4 Å². The van der Waals surface area contributed by atoms with Gasteiger partial charge in [-0.05, 0) is 116 Å². The number of halogens is 1. The second-order valence-corrected chi connectivity index (χ2v) is 11.4. The molecule has 2 heterocycles. The Morgan fingerprint density at radius 3 is 2.49 bits per heavy atom. The fourth-order valence-corrected chi connectivity index (χ4v) is 5.50. The maximum atomic E-state index is 13.5. The number of benzene rings is 1. The Kier molecular flexibility index (Phi) is 6.99. The van der Waals surface area contributed by atoms with E-state index in [1.54, 1.807) is 16.5 Å². The molecule has 0 radical (unpaired) electrons. The van der Waals surface area contributed by atoms with E-state index in [1.165, 1.54) is 3.57 Å². The summed E-state index contributed by atoms with van der Waals surface area (Å²) in [5.41, 5.74) is 4.90. The number of nitrogens with zero attached hydrogens (tertiary/aromatic N) is 4. The number of ether oxygens (including phenoxy) is 1. The molecule has 0 aliphatic heterocycles. The van der Waals surface area contributed by atoms with Crippen LogP contribution in [0.15, 0.2) is 36.4 Å². The van der Waals surface area contributed by atoms with Gasteiger partial charge in [-0.1, -0.05) is 6.58 Å². The lowest BCUT2D eigenvalue weighted by Crippen LogP contribution is -2.28. The Bertz CT molecular complexity index is 1400. The maximum absolute atomic E-state index is 13.5. The molecule has 5 rings (SSSR count). The Hall–Kier alpha value is -2.95. The van der Waals surface area contributed by atoms with Crippen LogP contribution in [0.25, 0.3) is 11.0 Å². The zero-order valence-electron chi connectivity index (χ0n) is 21.3.